The van der Waals surface area contributed by atoms with Gasteiger partial charge in [-0.2, -0.15) is 0 Å². The van der Waals surface area contributed by atoms with Crippen molar-refractivity contribution in [1.29, 1.82) is 0 Å². The van der Waals surface area contributed by atoms with E-state index in [2.05, 4.69) is 28.0 Å². The number of benzene rings is 1. The van der Waals surface area contributed by atoms with Crippen molar-refractivity contribution in [3.63, 3.8) is 0 Å². The van der Waals surface area contributed by atoms with Crippen molar-refractivity contribution in [3.05, 3.63) is 22.2 Å². The van der Waals surface area contributed by atoms with Crippen LogP contribution in [0, 0.1) is 0 Å². The quantitative estimate of drug-likeness (QED) is 0.379. The third-order valence-corrected chi connectivity index (χ3v) is 2.67. The Balaban J connectivity index is 3.03. The maximum atomic E-state index is 8.63. The van der Waals surface area contributed by atoms with E-state index < -0.39 is 0 Å². The minimum Gasteiger partial charge on any atom is -0.493 e. The molecular weight excluding hydrogens is 286 g/mol. The van der Waals surface area contributed by atoms with Gasteiger partial charge in [-0.25, -0.2) is 0 Å². The summed E-state index contributed by atoms with van der Waals surface area (Å²) in [5.74, 6) is 1.22. The molecule has 0 saturated heterocycles. The van der Waals surface area contributed by atoms with Crippen LogP contribution in [0.3, 0.4) is 0 Å². The summed E-state index contributed by atoms with van der Waals surface area (Å²) in [6.07, 6.45) is 3.35. The number of ether oxygens (including phenoxy) is 2. The van der Waals surface area contributed by atoms with Crippen molar-refractivity contribution >= 4 is 22.1 Å². The van der Waals surface area contributed by atoms with E-state index in [1.165, 1.54) is 6.21 Å². The molecule has 0 fully saturated rings. The Kier molecular flexibility index (Phi) is 5.83. The number of nitrogens with zero attached hydrogens (tertiary/aromatic N) is 1. The van der Waals surface area contributed by atoms with Crippen molar-refractivity contribution in [3.8, 4) is 11.5 Å². The molecule has 0 aliphatic heterocycles. The van der Waals surface area contributed by atoms with Crippen LogP contribution in [0.5, 0.6) is 11.5 Å². The third kappa shape index (κ3) is 3.93. The number of halogens is 1. The molecule has 0 amide bonds. The van der Waals surface area contributed by atoms with Gasteiger partial charge in [-0.15, -0.1) is 0 Å². The van der Waals surface area contributed by atoms with Gasteiger partial charge in [-0.1, -0.05) is 34.4 Å². The molecule has 1 aromatic carbocycles. The Morgan fingerprint density at radius 2 is 2.24 bits per heavy atom. The lowest BCUT2D eigenvalue weighted by Gasteiger charge is -2.13. The average molecular weight is 302 g/mol. The zero-order valence-corrected chi connectivity index (χ0v) is 11.5. The number of methoxy groups -OCH3 is 1. The molecule has 1 N–H and O–H groups in total. The molecule has 0 aliphatic carbocycles. The van der Waals surface area contributed by atoms with Crippen LogP contribution in [-0.4, -0.2) is 25.1 Å². The molecule has 17 heavy (non-hydrogen) atoms. The molecule has 4 nitrogen and oxygen atoms in total. The van der Waals surface area contributed by atoms with Crippen LogP contribution in [0.4, 0.5) is 0 Å². The Hall–Kier alpha value is -1.23. The van der Waals surface area contributed by atoms with Crippen molar-refractivity contribution in [2.45, 2.75) is 19.8 Å². The molecule has 0 unspecified atom stereocenters. The highest BCUT2D eigenvalue weighted by molar-refractivity contribution is 9.10. The van der Waals surface area contributed by atoms with Gasteiger partial charge in [0.25, 0.3) is 0 Å². The molecular formula is C12H16BrNO3. The molecule has 1 rings (SSSR count). The summed E-state index contributed by atoms with van der Waals surface area (Å²) in [5, 5.41) is 11.7. The van der Waals surface area contributed by atoms with Gasteiger partial charge in [-0.05, 0) is 18.6 Å². The maximum absolute atomic E-state index is 8.63. The van der Waals surface area contributed by atoms with E-state index >= 15 is 0 Å². The van der Waals surface area contributed by atoms with Crippen LogP contribution in [0.1, 0.15) is 25.3 Å². The highest BCUT2D eigenvalue weighted by Crippen LogP contribution is 2.34. The predicted molar refractivity (Wildman–Crippen MR) is 70.5 cm³/mol. The summed E-state index contributed by atoms with van der Waals surface area (Å²) < 4.78 is 11.7. The fourth-order valence-electron chi connectivity index (χ4n) is 1.37. The highest BCUT2D eigenvalue weighted by atomic mass is 79.9. The van der Waals surface area contributed by atoms with Crippen molar-refractivity contribution < 1.29 is 14.7 Å². The number of unbranched alkanes of at least 4 members (excludes halogenated alkanes) is 1. The van der Waals surface area contributed by atoms with Gasteiger partial charge in [0.05, 0.1) is 19.9 Å². The first-order valence-electron chi connectivity index (χ1n) is 5.40. The fraction of sp³-hybridized carbons (Fsp3) is 0.417. The molecule has 0 aromatic heterocycles. The van der Waals surface area contributed by atoms with Gasteiger partial charge in [0, 0.05) is 10.0 Å². The standard InChI is InChI=1S/C12H16BrNO3/c1-3-4-5-17-12-9(8-14-15)6-10(13)7-11(12)16-2/h6-8,15H,3-5H2,1-2H3. The molecule has 0 radical (unpaired) electrons. The predicted octanol–water partition coefficient (Wildman–Crippen LogP) is 3.44. The number of oxime groups is 1. The molecule has 0 heterocycles. The summed E-state index contributed by atoms with van der Waals surface area (Å²) in [6, 6.07) is 3.62. The van der Waals surface area contributed by atoms with Gasteiger partial charge >= 0.3 is 0 Å². The largest absolute Gasteiger partial charge is 0.493 e. The summed E-state index contributed by atoms with van der Waals surface area (Å²) in [7, 11) is 1.58. The van der Waals surface area contributed by atoms with Gasteiger partial charge < -0.3 is 14.7 Å². The molecule has 0 spiro atoms. The van der Waals surface area contributed by atoms with Gasteiger partial charge in [0.1, 0.15) is 0 Å². The Bertz CT molecular complexity index is 394. The van der Waals surface area contributed by atoms with Crippen molar-refractivity contribution in [2.24, 2.45) is 5.16 Å². The molecule has 5 heteroatoms. The zero-order valence-electron chi connectivity index (χ0n) is 9.94. The lowest BCUT2D eigenvalue weighted by atomic mass is 10.2. The maximum Gasteiger partial charge on any atom is 0.170 e. The van der Waals surface area contributed by atoms with Crippen LogP contribution in [-0.2, 0) is 0 Å². The highest BCUT2D eigenvalue weighted by Gasteiger charge is 2.11. The van der Waals surface area contributed by atoms with E-state index in [0.29, 0.717) is 23.7 Å². The second-order valence-electron chi connectivity index (χ2n) is 3.47. The number of rotatable bonds is 6. The average Bonchev–Trinajstić information content (AvgIpc) is 2.31. The fourth-order valence-corrected chi connectivity index (χ4v) is 1.83. The van der Waals surface area contributed by atoms with E-state index in [4.69, 9.17) is 14.7 Å². The molecule has 0 bridgehead atoms. The Morgan fingerprint density at radius 3 is 2.82 bits per heavy atom. The molecule has 1 aromatic rings. The Labute approximate surface area is 109 Å². The SMILES string of the molecule is CCCCOc1c(C=NO)cc(Br)cc1OC. The molecule has 0 aliphatic rings. The minimum absolute atomic E-state index is 0.599. The summed E-state index contributed by atoms with van der Waals surface area (Å²) in [4.78, 5) is 0. The number of hydrogen-bond donors (Lipinski definition) is 1. The first-order chi connectivity index (χ1) is 8.22. The van der Waals surface area contributed by atoms with Crippen LogP contribution in [0.2, 0.25) is 0 Å². The third-order valence-electron chi connectivity index (χ3n) is 2.21. The molecule has 0 saturated carbocycles. The van der Waals surface area contributed by atoms with E-state index in [0.717, 1.165) is 17.3 Å². The number of hydrogen-bond acceptors (Lipinski definition) is 4. The zero-order chi connectivity index (χ0) is 12.7. The van der Waals surface area contributed by atoms with Crippen LogP contribution >= 0.6 is 15.9 Å². The van der Waals surface area contributed by atoms with E-state index in [-0.39, 0.29) is 0 Å². The van der Waals surface area contributed by atoms with Crippen molar-refractivity contribution in [1.82, 2.24) is 0 Å². The lowest BCUT2D eigenvalue weighted by molar-refractivity contribution is 0.287. The first-order valence-corrected chi connectivity index (χ1v) is 6.20. The normalized spacial score (nSPS) is 10.8. The lowest BCUT2D eigenvalue weighted by Crippen LogP contribution is -2.02. The second-order valence-corrected chi connectivity index (χ2v) is 4.39. The Morgan fingerprint density at radius 1 is 1.47 bits per heavy atom. The molecule has 0 atom stereocenters. The van der Waals surface area contributed by atoms with E-state index in [1.807, 2.05) is 12.1 Å². The van der Waals surface area contributed by atoms with E-state index in [9.17, 15) is 0 Å². The van der Waals surface area contributed by atoms with Gasteiger partial charge in [-0.3, -0.25) is 0 Å². The van der Waals surface area contributed by atoms with Crippen molar-refractivity contribution in [2.75, 3.05) is 13.7 Å². The minimum atomic E-state index is 0.599. The van der Waals surface area contributed by atoms with Gasteiger partial charge in [0.2, 0.25) is 0 Å². The summed E-state index contributed by atoms with van der Waals surface area (Å²) >= 11 is 3.36. The van der Waals surface area contributed by atoms with Crippen LogP contribution in [0.15, 0.2) is 21.8 Å². The van der Waals surface area contributed by atoms with Crippen LogP contribution < -0.4 is 9.47 Å². The summed E-state index contributed by atoms with van der Waals surface area (Å²) in [6.45, 7) is 2.71. The smallest absolute Gasteiger partial charge is 0.170 e. The topological polar surface area (TPSA) is 51.0 Å². The molecule has 94 valence electrons. The second kappa shape index (κ2) is 7.17. The monoisotopic (exact) mass is 301 g/mol. The van der Waals surface area contributed by atoms with Crippen LogP contribution in [0.25, 0.3) is 0 Å². The van der Waals surface area contributed by atoms with Gasteiger partial charge in [0.15, 0.2) is 11.5 Å². The first kappa shape index (κ1) is 13.8. The summed E-state index contributed by atoms with van der Waals surface area (Å²) in [5.41, 5.74) is 0.676. The van der Waals surface area contributed by atoms with E-state index in [1.54, 1.807) is 7.11 Å².